The van der Waals surface area contributed by atoms with Gasteiger partial charge in [-0.05, 0) is 11.6 Å². The molecule has 1 unspecified atom stereocenters. The number of hydrogen-bond donors (Lipinski definition) is 2. The molecule has 0 spiro atoms. The average Bonchev–Trinajstić information content (AvgIpc) is 3.07. The van der Waals surface area contributed by atoms with Gasteiger partial charge in [-0.1, -0.05) is 18.2 Å². The molecule has 0 radical (unpaired) electrons. The zero-order valence-corrected chi connectivity index (χ0v) is 10.5. The number of aromatic nitrogens is 2. The van der Waals surface area contributed by atoms with E-state index in [9.17, 15) is 4.79 Å². The molecule has 98 valence electrons. The number of imidazole rings is 1. The lowest BCUT2D eigenvalue weighted by molar-refractivity contribution is -0.122. The van der Waals surface area contributed by atoms with Crippen LogP contribution in [-0.2, 0) is 11.3 Å². The summed E-state index contributed by atoms with van der Waals surface area (Å²) >= 11 is 0. The molecule has 5 heteroatoms. The van der Waals surface area contributed by atoms with Crippen molar-refractivity contribution in [3.63, 3.8) is 0 Å². The minimum Gasteiger partial charge on any atom is -0.384 e. The number of carbonyl (C=O) groups is 1. The highest BCUT2D eigenvalue weighted by Crippen LogP contribution is 2.30. The monoisotopic (exact) mass is 256 g/mol. The van der Waals surface area contributed by atoms with Gasteiger partial charge in [-0.25, -0.2) is 4.98 Å². The van der Waals surface area contributed by atoms with Gasteiger partial charge < -0.3 is 15.2 Å². The summed E-state index contributed by atoms with van der Waals surface area (Å²) in [7, 11) is 0. The highest BCUT2D eigenvalue weighted by atomic mass is 16.1. The number of anilines is 1. The van der Waals surface area contributed by atoms with Crippen molar-refractivity contribution >= 4 is 11.6 Å². The van der Waals surface area contributed by atoms with Crippen LogP contribution < -0.4 is 10.6 Å². The van der Waals surface area contributed by atoms with E-state index in [1.165, 1.54) is 0 Å². The van der Waals surface area contributed by atoms with Crippen LogP contribution in [0.3, 0.4) is 0 Å². The number of rotatable bonds is 4. The topological polar surface area (TPSA) is 59.0 Å². The molecule has 1 atom stereocenters. The first-order chi connectivity index (χ1) is 9.34. The quantitative estimate of drug-likeness (QED) is 0.864. The molecule has 1 aromatic carbocycles. The number of nitrogens with zero attached hydrogens (tertiary/aromatic N) is 2. The van der Waals surface area contributed by atoms with Crippen LogP contribution in [0.1, 0.15) is 11.5 Å². The minimum atomic E-state index is -0.0843. The minimum absolute atomic E-state index is 0.0811. The number of benzene rings is 1. The lowest BCUT2D eigenvalue weighted by atomic mass is 10.0. The zero-order chi connectivity index (χ0) is 13.1. The van der Waals surface area contributed by atoms with E-state index >= 15 is 0 Å². The Hall–Kier alpha value is -2.30. The van der Waals surface area contributed by atoms with E-state index in [0.717, 1.165) is 17.8 Å². The molecule has 1 aromatic heterocycles. The number of fused-ring (bicyclic) bond motifs is 1. The van der Waals surface area contributed by atoms with Crippen molar-refractivity contribution in [1.82, 2.24) is 14.9 Å². The van der Waals surface area contributed by atoms with Crippen molar-refractivity contribution in [3.05, 3.63) is 48.5 Å². The maximum atomic E-state index is 12.2. The summed E-state index contributed by atoms with van der Waals surface area (Å²) < 4.78 is 1.95. The molecule has 0 saturated carbocycles. The summed E-state index contributed by atoms with van der Waals surface area (Å²) in [6.45, 7) is 2.04. The number of para-hydroxylation sites is 1. The molecule has 19 heavy (non-hydrogen) atoms. The lowest BCUT2D eigenvalue weighted by Crippen LogP contribution is -2.32. The van der Waals surface area contributed by atoms with E-state index in [-0.39, 0.29) is 11.8 Å². The summed E-state index contributed by atoms with van der Waals surface area (Å²) in [5, 5.41) is 6.24. The van der Waals surface area contributed by atoms with Gasteiger partial charge in [-0.3, -0.25) is 4.79 Å². The van der Waals surface area contributed by atoms with E-state index in [2.05, 4.69) is 15.6 Å². The predicted octanol–water partition coefficient (Wildman–Crippen LogP) is 1.21. The lowest BCUT2D eigenvalue weighted by Gasteiger charge is -2.11. The Kier molecular flexibility index (Phi) is 3.18. The number of amides is 1. The van der Waals surface area contributed by atoms with Gasteiger partial charge in [-0.2, -0.15) is 0 Å². The second-order valence-corrected chi connectivity index (χ2v) is 4.61. The average molecular weight is 256 g/mol. The molecule has 0 aliphatic carbocycles. The van der Waals surface area contributed by atoms with Gasteiger partial charge >= 0.3 is 0 Å². The van der Waals surface area contributed by atoms with Gasteiger partial charge in [0, 0.05) is 37.7 Å². The van der Waals surface area contributed by atoms with Gasteiger partial charge in [0.25, 0.3) is 0 Å². The van der Waals surface area contributed by atoms with E-state index in [0.29, 0.717) is 13.1 Å². The van der Waals surface area contributed by atoms with Crippen LogP contribution in [0.5, 0.6) is 0 Å². The fraction of sp³-hybridized carbons (Fsp3) is 0.286. The van der Waals surface area contributed by atoms with Gasteiger partial charge in [0.15, 0.2) is 0 Å². The Morgan fingerprint density at radius 1 is 1.47 bits per heavy atom. The maximum absolute atomic E-state index is 12.2. The maximum Gasteiger partial charge on any atom is 0.229 e. The third kappa shape index (κ3) is 2.45. The standard InChI is InChI=1S/C14H16N4O/c19-14(16-6-8-18-7-5-15-10-18)12-9-17-13-4-2-1-3-11(12)13/h1-5,7,10,12,17H,6,8-9H2,(H,16,19). The summed E-state index contributed by atoms with van der Waals surface area (Å²) in [6.07, 6.45) is 5.37. The number of hydrogen-bond acceptors (Lipinski definition) is 3. The van der Waals surface area contributed by atoms with E-state index in [1.54, 1.807) is 12.5 Å². The van der Waals surface area contributed by atoms with Crippen LogP contribution in [0, 0.1) is 0 Å². The predicted molar refractivity (Wildman–Crippen MR) is 72.9 cm³/mol. The Balaban J connectivity index is 1.57. The Labute approximate surface area is 111 Å². The second kappa shape index (κ2) is 5.14. The molecule has 2 N–H and O–H groups in total. The van der Waals surface area contributed by atoms with Gasteiger partial charge in [0.2, 0.25) is 5.91 Å². The Bertz CT molecular complexity index is 565. The molecule has 0 fully saturated rings. The van der Waals surface area contributed by atoms with Crippen molar-refractivity contribution in [2.45, 2.75) is 12.5 Å². The molecular formula is C14H16N4O. The zero-order valence-electron chi connectivity index (χ0n) is 10.5. The van der Waals surface area contributed by atoms with Crippen molar-refractivity contribution in [2.24, 2.45) is 0 Å². The smallest absolute Gasteiger partial charge is 0.229 e. The van der Waals surface area contributed by atoms with Gasteiger partial charge in [0.05, 0.1) is 12.2 Å². The molecule has 1 aliphatic rings. The number of nitrogens with one attached hydrogen (secondary N) is 2. The molecular weight excluding hydrogens is 240 g/mol. The first-order valence-corrected chi connectivity index (χ1v) is 6.41. The SMILES string of the molecule is O=C(NCCn1ccnc1)C1CNc2ccccc21. The summed E-state index contributed by atoms with van der Waals surface area (Å²) in [4.78, 5) is 16.1. The first-order valence-electron chi connectivity index (χ1n) is 6.41. The summed E-state index contributed by atoms with van der Waals surface area (Å²) in [6, 6.07) is 7.96. The highest BCUT2D eigenvalue weighted by molar-refractivity contribution is 5.88. The normalized spacial score (nSPS) is 16.7. The van der Waals surface area contributed by atoms with Crippen LogP contribution in [0.25, 0.3) is 0 Å². The summed E-state index contributed by atoms with van der Waals surface area (Å²) in [5.74, 6) is -0.00319. The molecule has 0 bridgehead atoms. The Morgan fingerprint density at radius 2 is 2.37 bits per heavy atom. The van der Waals surface area contributed by atoms with Crippen LogP contribution >= 0.6 is 0 Å². The van der Waals surface area contributed by atoms with Crippen LogP contribution in [0.4, 0.5) is 5.69 Å². The van der Waals surface area contributed by atoms with Crippen molar-refractivity contribution in [2.75, 3.05) is 18.4 Å². The van der Waals surface area contributed by atoms with Gasteiger partial charge in [-0.15, -0.1) is 0 Å². The first kappa shape index (κ1) is 11.8. The second-order valence-electron chi connectivity index (χ2n) is 4.61. The van der Waals surface area contributed by atoms with E-state index in [4.69, 9.17) is 0 Å². The molecule has 0 saturated heterocycles. The third-order valence-electron chi connectivity index (χ3n) is 3.38. The molecule has 5 nitrogen and oxygen atoms in total. The van der Waals surface area contributed by atoms with Crippen molar-refractivity contribution in [3.8, 4) is 0 Å². The molecule has 2 aromatic rings. The molecule has 3 rings (SSSR count). The third-order valence-corrected chi connectivity index (χ3v) is 3.38. The number of carbonyl (C=O) groups excluding carboxylic acids is 1. The highest BCUT2D eigenvalue weighted by Gasteiger charge is 2.27. The largest absolute Gasteiger partial charge is 0.384 e. The fourth-order valence-electron chi connectivity index (χ4n) is 2.37. The van der Waals surface area contributed by atoms with Crippen molar-refractivity contribution in [1.29, 1.82) is 0 Å². The van der Waals surface area contributed by atoms with Crippen LogP contribution in [-0.4, -0.2) is 28.5 Å². The molecule has 1 amide bonds. The van der Waals surface area contributed by atoms with Gasteiger partial charge in [0.1, 0.15) is 0 Å². The van der Waals surface area contributed by atoms with Crippen LogP contribution in [0.15, 0.2) is 43.0 Å². The summed E-state index contributed by atoms with van der Waals surface area (Å²) in [5.41, 5.74) is 2.15. The molecule has 2 heterocycles. The Morgan fingerprint density at radius 3 is 3.21 bits per heavy atom. The van der Waals surface area contributed by atoms with Crippen molar-refractivity contribution < 1.29 is 4.79 Å². The fourth-order valence-corrected chi connectivity index (χ4v) is 2.37. The van der Waals surface area contributed by atoms with E-state index < -0.39 is 0 Å². The van der Waals surface area contributed by atoms with Crippen LogP contribution in [0.2, 0.25) is 0 Å². The molecule has 1 aliphatic heterocycles. The van der Waals surface area contributed by atoms with E-state index in [1.807, 2.05) is 35.0 Å².